The summed E-state index contributed by atoms with van der Waals surface area (Å²) in [5.74, 6) is 0.916. The first-order valence-corrected chi connectivity index (χ1v) is 12.5. The smallest absolute Gasteiger partial charge is 0.323 e. The van der Waals surface area contributed by atoms with Crippen LogP contribution in [0.25, 0.3) is 10.9 Å². The van der Waals surface area contributed by atoms with Crippen molar-refractivity contribution in [3.63, 3.8) is 0 Å². The lowest BCUT2D eigenvalue weighted by Gasteiger charge is -2.22. The Morgan fingerprint density at radius 3 is 2.78 bits per heavy atom. The molecule has 0 amide bonds. The third kappa shape index (κ3) is 5.63. The van der Waals surface area contributed by atoms with Crippen molar-refractivity contribution >= 4 is 40.1 Å². The number of carbonyl (C=O) groups excluding carboxylic acids is 1. The molecule has 1 N–H and O–H groups in total. The number of fused-ring (bicyclic) bond motifs is 1. The molecule has 190 valence electrons. The third-order valence-corrected chi connectivity index (χ3v) is 6.85. The largest absolute Gasteiger partial charge is 0.488 e. The van der Waals surface area contributed by atoms with Crippen LogP contribution >= 0.6 is 11.6 Å². The Hall–Kier alpha value is -3.17. The van der Waals surface area contributed by atoms with Gasteiger partial charge in [0.2, 0.25) is 5.95 Å². The SMILES string of the molecule is CN(CCOc1cc2nc(Nc3ccc(F)c(Cl)c3)ncc2cc1OC1CCCC1)C1CCOC1=O. The molecular formula is C26H28ClFN4O4. The number of aromatic nitrogens is 2. The van der Waals surface area contributed by atoms with Crippen LogP contribution in [0.1, 0.15) is 32.1 Å². The van der Waals surface area contributed by atoms with Gasteiger partial charge in [-0.25, -0.2) is 14.4 Å². The molecule has 10 heteroatoms. The van der Waals surface area contributed by atoms with E-state index in [1.54, 1.807) is 12.3 Å². The Kier molecular flexibility index (Phi) is 7.38. The van der Waals surface area contributed by atoms with Gasteiger partial charge in [-0.15, -0.1) is 0 Å². The Bertz CT molecular complexity index is 1250. The summed E-state index contributed by atoms with van der Waals surface area (Å²) in [4.78, 5) is 22.8. The second kappa shape index (κ2) is 10.8. The molecule has 1 aromatic heterocycles. The number of nitrogens with zero attached hydrogens (tertiary/aromatic N) is 3. The molecule has 3 aromatic rings. The van der Waals surface area contributed by atoms with Gasteiger partial charge in [0.15, 0.2) is 11.5 Å². The number of carbonyl (C=O) groups is 1. The summed E-state index contributed by atoms with van der Waals surface area (Å²) >= 11 is 5.89. The second-order valence-corrected chi connectivity index (χ2v) is 9.54. The van der Waals surface area contributed by atoms with Crippen molar-refractivity contribution in [3.8, 4) is 11.5 Å². The molecule has 1 unspecified atom stereocenters. The number of hydrogen-bond donors (Lipinski definition) is 1. The molecule has 5 rings (SSSR count). The van der Waals surface area contributed by atoms with Crippen molar-refractivity contribution in [3.05, 3.63) is 47.4 Å². The maximum atomic E-state index is 13.5. The van der Waals surface area contributed by atoms with E-state index in [0.717, 1.165) is 31.1 Å². The fourth-order valence-corrected chi connectivity index (χ4v) is 4.71. The van der Waals surface area contributed by atoms with E-state index in [0.29, 0.717) is 54.8 Å². The first-order valence-electron chi connectivity index (χ1n) is 12.2. The van der Waals surface area contributed by atoms with E-state index in [1.807, 2.05) is 24.1 Å². The molecule has 0 spiro atoms. The molecule has 8 nitrogen and oxygen atoms in total. The summed E-state index contributed by atoms with van der Waals surface area (Å²) in [5, 5.41) is 3.88. The molecule has 1 aliphatic heterocycles. The lowest BCUT2D eigenvalue weighted by Crippen LogP contribution is -2.37. The summed E-state index contributed by atoms with van der Waals surface area (Å²) < 4.78 is 31.0. The highest BCUT2D eigenvalue weighted by Gasteiger charge is 2.30. The van der Waals surface area contributed by atoms with Gasteiger partial charge in [0.05, 0.1) is 23.3 Å². The third-order valence-electron chi connectivity index (χ3n) is 6.56. The zero-order valence-corrected chi connectivity index (χ0v) is 20.8. The predicted molar refractivity (Wildman–Crippen MR) is 135 cm³/mol. The quantitative estimate of drug-likeness (QED) is 0.394. The van der Waals surface area contributed by atoms with E-state index in [-0.39, 0.29) is 23.1 Å². The molecule has 2 aromatic carbocycles. The molecule has 0 bridgehead atoms. The maximum absolute atomic E-state index is 13.5. The van der Waals surface area contributed by atoms with Gasteiger partial charge in [-0.1, -0.05) is 11.6 Å². The van der Waals surface area contributed by atoms with E-state index >= 15 is 0 Å². The van der Waals surface area contributed by atoms with Crippen LogP contribution in [0, 0.1) is 5.82 Å². The van der Waals surface area contributed by atoms with Crippen molar-refractivity contribution < 1.29 is 23.4 Å². The molecule has 1 atom stereocenters. The number of halogens is 2. The number of hydrogen-bond acceptors (Lipinski definition) is 8. The lowest BCUT2D eigenvalue weighted by molar-refractivity contribution is -0.142. The van der Waals surface area contributed by atoms with E-state index in [4.69, 9.17) is 25.8 Å². The topological polar surface area (TPSA) is 85.8 Å². The second-order valence-electron chi connectivity index (χ2n) is 9.13. The number of benzene rings is 2. The van der Waals surface area contributed by atoms with Gasteiger partial charge in [0.25, 0.3) is 0 Å². The minimum absolute atomic E-state index is 0.0148. The molecule has 1 saturated heterocycles. The molecular weight excluding hydrogens is 487 g/mol. The summed E-state index contributed by atoms with van der Waals surface area (Å²) in [6.45, 7) is 1.39. The zero-order valence-electron chi connectivity index (χ0n) is 20.0. The van der Waals surface area contributed by atoms with Gasteiger partial charge in [0.1, 0.15) is 18.5 Å². The Balaban J connectivity index is 1.35. The van der Waals surface area contributed by atoms with Crippen LogP contribution in [0.4, 0.5) is 16.0 Å². The van der Waals surface area contributed by atoms with Crippen LogP contribution in [-0.4, -0.2) is 59.8 Å². The van der Waals surface area contributed by atoms with Gasteiger partial charge < -0.3 is 19.5 Å². The van der Waals surface area contributed by atoms with Gasteiger partial charge >= 0.3 is 5.97 Å². The Labute approximate surface area is 213 Å². The van der Waals surface area contributed by atoms with Crippen LogP contribution in [0.5, 0.6) is 11.5 Å². The molecule has 1 aliphatic carbocycles. The standard InChI is InChI=1S/C26H28ClFN4O4/c1-32(22-8-10-35-25(22)33)9-11-34-23-14-21-16(12-24(23)36-18-4-2-3-5-18)15-29-26(31-21)30-17-6-7-20(28)19(27)13-17/h6-7,12-15,18,22H,2-5,8-11H2,1H3,(H,29,30,31). The van der Waals surface area contributed by atoms with Gasteiger partial charge in [-0.2, -0.15) is 0 Å². The van der Waals surface area contributed by atoms with Crippen molar-refractivity contribution in [2.45, 2.75) is 44.2 Å². The summed E-state index contributed by atoms with van der Waals surface area (Å²) in [5.41, 5.74) is 1.24. The van der Waals surface area contributed by atoms with Crippen LogP contribution in [0.15, 0.2) is 36.5 Å². The number of ether oxygens (including phenoxy) is 3. The average Bonchev–Trinajstić information content (AvgIpc) is 3.53. The number of rotatable bonds is 9. The fraction of sp³-hybridized carbons (Fsp3) is 0.423. The van der Waals surface area contributed by atoms with Crippen molar-refractivity contribution in [2.24, 2.45) is 0 Å². The molecule has 2 fully saturated rings. The summed E-state index contributed by atoms with van der Waals surface area (Å²) in [6, 6.07) is 7.84. The van der Waals surface area contributed by atoms with Crippen molar-refractivity contribution in [2.75, 3.05) is 32.1 Å². The molecule has 2 aliphatic rings. The van der Waals surface area contributed by atoms with E-state index in [2.05, 4.69) is 15.3 Å². The monoisotopic (exact) mass is 514 g/mol. The summed E-state index contributed by atoms with van der Waals surface area (Å²) in [6.07, 6.45) is 6.90. The van der Waals surface area contributed by atoms with E-state index in [9.17, 15) is 9.18 Å². The van der Waals surface area contributed by atoms with Crippen LogP contribution in [0.2, 0.25) is 5.02 Å². The highest BCUT2D eigenvalue weighted by atomic mass is 35.5. The zero-order chi connectivity index (χ0) is 25.1. The minimum atomic E-state index is -0.492. The number of anilines is 2. The maximum Gasteiger partial charge on any atom is 0.323 e. The normalized spacial score (nSPS) is 18.1. The predicted octanol–water partition coefficient (Wildman–Crippen LogP) is 5.11. The van der Waals surface area contributed by atoms with Crippen LogP contribution in [-0.2, 0) is 9.53 Å². The van der Waals surface area contributed by atoms with E-state index < -0.39 is 5.82 Å². The van der Waals surface area contributed by atoms with Gasteiger partial charge in [-0.3, -0.25) is 9.69 Å². The van der Waals surface area contributed by atoms with Crippen molar-refractivity contribution in [1.82, 2.24) is 14.9 Å². The fourth-order valence-electron chi connectivity index (χ4n) is 4.53. The van der Waals surface area contributed by atoms with Crippen LogP contribution < -0.4 is 14.8 Å². The summed E-state index contributed by atoms with van der Waals surface area (Å²) in [7, 11) is 1.89. The Morgan fingerprint density at radius 1 is 1.19 bits per heavy atom. The van der Waals surface area contributed by atoms with Gasteiger partial charge in [-0.05, 0) is 57.0 Å². The van der Waals surface area contributed by atoms with Crippen LogP contribution in [0.3, 0.4) is 0 Å². The number of esters is 1. The molecule has 0 radical (unpaired) electrons. The lowest BCUT2D eigenvalue weighted by atomic mass is 10.2. The molecule has 36 heavy (non-hydrogen) atoms. The highest BCUT2D eigenvalue weighted by Crippen LogP contribution is 2.35. The first kappa shape index (κ1) is 24.5. The number of nitrogens with one attached hydrogen (secondary N) is 1. The molecule has 2 heterocycles. The number of cyclic esters (lactones) is 1. The van der Waals surface area contributed by atoms with E-state index in [1.165, 1.54) is 12.1 Å². The first-order chi connectivity index (χ1) is 17.5. The Morgan fingerprint density at radius 2 is 2.03 bits per heavy atom. The molecule has 1 saturated carbocycles. The minimum Gasteiger partial charge on any atom is -0.488 e. The average molecular weight is 515 g/mol. The number of likely N-dealkylation sites (N-methyl/N-ethyl adjacent to an activating group) is 1. The van der Waals surface area contributed by atoms with Crippen molar-refractivity contribution in [1.29, 1.82) is 0 Å². The highest BCUT2D eigenvalue weighted by molar-refractivity contribution is 6.31. The van der Waals surface area contributed by atoms with Gasteiger partial charge in [0, 0.05) is 36.3 Å².